The van der Waals surface area contributed by atoms with E-state index >= 15 is 0 Å². The molecule has 2 heterocycles. The maximum Gasteiger partial charge on any atom is 0.282 e. The van der Waals surface area contributed by atoms with Crippen molar-refractivity contribution in [3.63, 3.8) is 0 Å². The number of anilines is 1. The molecule has 0 saturated carbocycles. The molecule has 1 aromatic carbocycles. The number of piperazine rings is 1. The maximum atomic E-state index is 12.8. The third-order valence-electron chi connectivity index (χ3n) is 4.45. The maximum absolute atomic E-state index is 12.8. The highest BCUT2D eigenvalue weighted by Crippen LogP contribution is 2.24. The van der Waals surface area contributed by atoms with Gasteiger partial charge in [0.1, 0.15) is 11.4 Å². The lowest BCUT2D eigenvalue weighted by Crippen LogP contribution is -2.49. The molecule has 1 fully saturated rings. The molecule has 2 aromatic rings. The van der Waals surface area contributed by atoms with Crippen LogP contribution >= 0.6 is 0 Å². The highest BCUT2D eigenvalue weighted by atomic mass is 16.6. The summed E-state index contributed by atoms with van der Waals surface area (Å²) in [6.45, 7) is 6.08. The average molecular weight is 340 g/mol. The second kappa shape index (κ2) is 6.88. The van der Waals surface area contributed by atoms with Crippen LogP contribution in [-0.4, -0.2) is 46.9 Å². The van der Waals surface area contributed by atoms with Crippen LogP contribution < -0.4 is 4.90 Å². The number of pyridine rings is 1. The van der Waals surface area contributed by atoms with Gasteiger partial charge >= 0.3 is 0 Å². The molecule has 3 rings (SSSR count). The van der Waals surface area contributed by atoms with Crippen molar-refractivity contribution in [3.8, 4) is 0 Å². The van der Waals surface area contributed by atoms with E-state index in [4.69, 9.17) is 0 Å². The van der Waals surface area contributed by atoms with Crippen molar-refractivity contribution < 1.29 is 9.72 Å². The van der Waals surface area contributed by atoms with Gasteiger partial charge in [-0.05, 0) is 37.1 Å². The van der Waals surface area contributed by atoms with Gasteiger partial charge in [0.05, 0.1) is 4.92 Å². The van der Waals surface area contributed by atoms with E-state index in [0.717, 1.165) is 11.4 Å². The molecule has 130 valence electrons. The fourth-order valence-corrected chi connectivity index (χ4v) is 3.07. The number of carbonyl (C=O) groups is 1. The van der Waals surface area contributed by atoms with Crippen LogP contribution in [0.3, 0.4) is 0 Å². The number of nitro benzene ring substituents is 1. The topological polar surface area (TPSA) is 79.6 Å². The van der Waals surface area contributed by atoms with E-state index in [9.17, 15) is 14.9 Å². The molecule has 1 aliphatic heterocycles. The number of hydrogen-bond acceptors (Lipinski definition) is 5. The van der Waals surface area contributed by atoms with Crippen LogP contribution in [0.15, 0.2) is 36.5 Å². The van der Waals surface area contributed by atoms with Crippen molar-refractivity contribution in [2.45, 2.75) is 13.8 Å². The summed E-state index contributed by atoms with van der Waals surface area (Å²) in [5.74, 6) is 0.621. The van der Waals surface area contributed by atoms with Crippen LogP contribution in [-0.2, 0) is 0 Å². The number of aromatic nitrogens is 1. The minimum Gasteiger partial charge on any atom is -0.353 e. The molecule has 0 unspecified atom stereocenters. The van der Waals surface area contributed by atoms with E-state index in [-0.39, 0.29) is 17.2 Å². The van der Waals surface area contributed by atoms with Gasteiger partial charge in [-0.15, -0.1) is 0 Å². The quantitative estimate of drug-likeness (QED) is 0.634. The Morgan fingerprint density at radius 3 is 2.52 bits per heavy atom. The van der Waals surface area contributed by atoms with Crippen molar-refractivity contribution in [1.29, 1.82) is 0 Å². The second-order valence-corrected chi connectivity index (χ2v) is 6.20. The number of benzene rings is 1. The molecule has 25 heavy (non-hydrogen) atoms. The van der Waals surface area contributed by atoms with Gasteiger partial charge in [0.2, 0.25) is 0 Å². The second-order valence-electron chi connectivity index (χ2n) is 6.20. The lowest BCUT2D eigenvalue weighted by molar-refractivity contribution is -0.385. The van der Waals surface area contributed by atoms with Crippen LogP contribution in [0.2, 0.25) is 0 Å². The van der Waals surface area contributed by atoms with E-state index in [2.05, 4.69) is 9.88 Å². The SMILES string of the molecule is Cc1ccnc(N2CCN(C(=O)c3c(C)cccc3[N+](=O)[O-])CC2)c1. The minimum atomic E-state index is -0.493. The lowest BCUT2D eigenvalue weighted by Gasteiger charge is -2.35. The Kier molecular flexibility index (Phi) is 4.65. The Bertz CT molecular complexity index is 814. The number of carbonyl (C=O) groups excluding carboxylic acids is 1. The van der Waals surface area contributed by atoms with Gasteiger partial charge < -0.3 is 9.80 Å². The molecule has 0 radical (unpaired) electrons. The molecular formula is C18H20N4O3. The van der Waals surface area contributed by atoms with Gasteiger partial charge in [-0.25, -0.2) is 4.98 Å². The summed E-state index contributed by atoms with van der Waals surface area (Å²) in [6, 6.07) is 8.68. The summed E-state index contributed by atoms with van der Waals surface area (Å²) < 4.78 is 0. The zero-order valence-electron chi connectivity index (χ0n) is 14.3. The molecule has 0 spiro atoms. The first-order chi connectivity index (χ1) is 12.0. The Hall–Kier alpha value is -2.96. The Morgan fingerprint density at radius 2 is 1.88 bits per heavy atom. The smallest absolute Gasteiger partial charge is 0.282 e. The fraction of sp³-hybridized carbons (Fsp3) is 0.333. The summed E-state index contributed by atoms with van der Waals surface area (Å²) in [6.07, 6.45) is 1.78. The van der Waals surface area contributed by atoms with Crippen LogP contribution in [0.5, 0.6) is 0 Å². The number of hydrogen-bond donors (Lipinski definition) is 0. The summed E-state index contributed by atoms with van der Waals surface area (Å²) >= 11 is 0. The predicted octanol–water partition coefficient (Wildman–Crippen LogP) is 2.57. The van der Waals surface area contributed by atoms with E-state index in [1.807, 2.05) is 19.1 Å². The number of aryl methyl sites for hydroxylation is 2. The molecule has 1 aliphatic rings. The van der Waals surface area contributed by atoms with E-state index in [1.165, 1.54) is 6.07 Å². The van der Waals surface area contributed by atoms with Crippen molar-refractivity contribution in [3.05, 3.63) is 63.3 Å². The van der Waals surface area contributed by atoms with Gasteiger partial charge in [0.25, 0.3) is 11.6 Å². The summed E-state index contributed by atoms with van der Waals surface area (Å²) in [4.78, 5) is 31.8. The van der Waals surface area contributed by atoms with Gasteiger partial charge in [0.15, 0.2) is 0 Å². The van der Waals surface area contributed by atoms with Crippen LogP contribution in [0.4, 0.5) is 11.5 Å². The van der Waals surface area contributed by atoms with Crippen molar-refractivity contribution in [2.24, 2.45) is 0 Å². The summed E-state index contributed by atoms with van der Waals surface area (Å²) in [7, 11) is 0. The third-order valence-corrected chi connectivity index (χ3v) is 4.45. The zero-order valence-corrected chi connectivity index (χ0v) is 14.3. The van der Waals surface area contributed by atoms with E-state index < -0.39 is 4.92 Å². The third kappa shape index (κ3) is 3.45. The van der Waals surface area contributed by atoms with E-state index in [0.29, 0.717) is 31.7 Å². The Morgan fingerprint density at radius 1 is 1.16 bits per heavy atom. The monoisotopic (exact) mass is 340 g/mol. The molecule has 0 bridgehead atoms. The summed E-state index contributed by atoms with van der Waals surface area (Å²) in [5.41, 5.74) is 1.82. The molecule has 7 heteroatoms. The molecular weight excluding hydrogens is 320 g/mol. The van der Waals surface area contributed by atoms with E-state index in [1.54, 1.807) is 30.2 Å². The molecule has 1 aromatic heterocycles. The van der Waals surface area contributed by atoms with Crippen molar-refractivity contribution >= 4 is 17.4 Å². The van der Waals surface area contributed by atoms with Gasteiger partial charge in [-0.2, -0.15) is 0 Å². The van der Waals surface area contributed by atoms with Gasteiger partial charge in [0, 0.05) is 38.4 Å². The Balaban J connectivity index is 1.75. The molecule has 1 saturated heterocycles. The fourth-order valence-electron chi connectivity index (χ4n) is 3.07. The average Bonchev–Trinajstić information content (AvgIpc) is 2.61. The largest absolute Gasteiger partial charge is 0.353 e. The van der Waals surface area contributed by atoms with Crippen molar-refractivity contribution in [1.82, 2.24) is 9.88 Å². The van der Waals surface area contributed by atoms with Crippen LogP contribution in [0.1, 0.15) is 21.5 Å². The first kappa shape index (κ1) is 16.9. The molecule has 1 amide bonds. The molecule has 7 nitrogen and oxygen atoms in total. The first-order valence-corrected chi connectivity index (χ1v) is 8.18. The number of amides is 1. The highest BCUT2D eigenvalue weighted by Gasteiger charge is 2.29. The number of rotatable bonds is 3. The number of nitro groups is 1. The lowest BCUT2D eigenvalue weighted by atomic mass is 10.0. The highest BCUT2D eigenvalue weighted by molar-refractivity contribution is 5.99. The first-order valence-electron chi connectivity index (χ1n) is 8.18. The van der Waals surface area contributed by atoms with Crippen LogP contribution in [0, 0.1) is 24.0 Å². The minimum absolute atomic E-state index is 0.132. The van der Waals surface area contributed by atoms with Gasteiger partial charge in [-0.1, -0.05) is 12.1 Å². The molecule has 0 atom stereocenters. The summed E-state index contributed by atoms with van der Waals surface area (Å²) in [5, 5.41) is 11.2. The Labute approximate surface area is 146 Å². The van der Waals surface area contributed by atoms with Gasteiger partial charge in [-0.3, -0.25) is 14.9 Å². The standard InChI is InChI=1S/C18H20N4O3/c1-13-6-7-19-16(12-13)20-8-10-21(11-9-20)18(23)17-14(2)4-3-5-15(17)22(24)25/h3-7,12H,8-11H2,1-2H3. The zero-order chi connectivity index (χ0) is 18.0. The predicted molar refractivity (Wildman–Crippen MR) is 94.9 cm³/mol. The normalized spacial score (nSPS) is 14.5. The number of nitrogens with zero attached hydrogens (tertiary/aromatic N) is 4. The van der Waals surface area contributed by atoms with Crippen molar-refractivity contribution in [2.75, 3.05) is 31.1 Å². The molecule has 0 aliphatic carbocycles. The van der Waals surface area contributed by atoms with Crippen LogP contribution in [0.25, 0.3) is 0 Å². The molecule has 0 N–H and O–H groups in total.